The topological polar surface area (TPSA) is 50.9 Å². The highest BCUT2D eigenvalue weighted by Crippen LogP contribution is 2.38. The lowest BCUT2D eigenvalue weighted by Crippen LogP contribution is -2.03. The van der Waals surface area contributed by atoms with Gasteiger partial charge in [0.2, 0.25) is 0 Å². The van der Waals surface area contributed by atoms with Crippen LogP contribution in [0, 0.1) is 6.92 Å². The predicted molar refractivity (Wildman–Crippen MR) is 85.3 cm³/mol. The summed E-state index contributed by atoms with van der Waals surface area (Å²) < 4.78 is 0. The number of halogens is 1. The van der Waals surface area contributed by atoms with Gasteiger partial charge in [0.15, 0.2) is 0 Å². The normalized spacial score (nSPS) is 20.1. The summed E-state index contributed by atoms with van der Waals surface area (Å²) in [5.41, 5.74) is 9.66. The van der Waals surface area contributed by atoms with Crippen LogP contribution in [0.25, 0.3) is 0 Å². The molecule has 1 aliphatic rings. The molecule has 3 rings (SSSR count). The number of anilines is 1. The van der Waals surface area contributed by atoms with Crippen molar-refractivity contribution in [3.8, 4) is 0 Å². The van der Waals surface area contributed by atoms with E-state index in [0.717, 1.165) is 18.8 Å². The van der Waals surface area contributed by atoms with Gasteiger partial charge in [0.25, 0.3) is 0 Å². The Kier molecular flexibility index (Phi) is 4.63. The summed E-state index contributed by atoms with van der Waals surface area (Å²) in [6.07, 6.45) is 3.04. The first-order chi connectivity index (χ1) is 9.22. The second-order valence-corrected chi connectivity index (χ2v) is 5.33. The van der Waals surface area contributed by atoms with E-state index in [2.05, 4.69) is 47.6 Å². The van der Waals surface area contributed by atoms with E-state index in [1.807, 2.05) is 12.3 Å². The summed E-state index contributed by atoms with van der Waals surface area (Å²) in [6, 6.07) is 13.0. The lowest BCUT2D eigenvalue weighted by Gasteiger charge is -2.07. The van der Waals surface area contributed by atoms with Crippen molar-refractivity contribution in [1.82, 2.24) is 4.98 Å². The molecule has 1 aliphatic carbocycles. The van der Waals surface area contributed by atoms with E-state index in [4.69, 9.17) is 5.73 Å². The average Bonchev–Trinajstić information content (AvgIpc) is 3.14. The van der Waals surface area contributed by atoms with E-state index in [1.165, 1.54) is 16.7 Å². The maximum atomic E-state index is 5.84. The number of benzene rings is 1. The van der Waals surface area contributed by atoms with Gasteiger partial charge in [0, 0.05) is 24.7 Å². The summed E-state index contributed by atoms with van der Waals surface area (Å²) in [5.74, 6) is 1.44. The molecule has 2 atom stereocenters. The zero-order chi connectivity index (χ0) is 13.2. The number of nitrogens with zero attached hydrogens (tertiary/aromatic N) is 1. The number of aryl methyl sites for hydroxylation is 1. The Balaban J connectivity index is 0.00000147. The van der Waals surface area contributed by atoms with Crippen molar-refractivity contribution in [2.45, 2.75) is 31.8 Å². The van der Waals surface area contributed by atoms with Gasteiger partial charge in [-0.1, -0.05) is 35.9 Å². The molecule has 0 bridgehead atoms. The Hall–Kier alpha value is -1.58. The van der Waals surface area contributed by atoms with Crippen LogP contribution in [0.2, 0.25) is 0 Å². The standard InChI is InChI=1S/C16H19N3.ClH/c1-11-3-2-4-12(7-11)9-18-16-6-5-13(10-19-16)14-8-15(14)17;/h2-7,10,14-15H,8-9,17H2,1H3,(H,18,19);1H/t14-,15+;/m1./s1. The molecule has 0 saturated heterocycles. The third-order valence-corrected chi connectivity index (χ3v) is 3.61. The molecule has 2 aromatic rings. The summed E-state index contributed by atoms with van der Waals surface area (Å²) in [7, 11) is 0. The maximum Gasteiger partial charge on any atom is 0.126 e. The highest BCUT2D eigenvalue weighted by molar-refractivity contribution is 5.85. The molecular formula is C16H20ClN3. The molecule has 1 saturated carbocycles. The van der Waals surface area contributed by atoms with E-state index in [9.17, 15) is 0 Å². The lowest BCUT2D eigenvalue weighted by atomic mass is 10.1. The SMILES string of the molecule is Cc1cccc(CNc2ccc([C@H]3C[C@@H]3N)cn2)c1.Cl. The number of pyridine rings is 1. The van der Waals surface area contributed by atoms with Gasteiger partial charge in [0.1, 0.15) is 5.82 Å². The Morgan fingerprint density at radius 3 is 2.70 bits per heavy atom. The van der Waals surface area contributed by atoms with Crippen LogP contribution >= 0.6 is 12.4 Å². The Morgan fingerprint density at radius 2 is 2.10 bits per heavy atom. The van der Waals surface area contributed by atoms with Gasteiger partial charge in [-0.25, -0.2) is 4.98 Å². The number of rotatable bonds is 4. The molecular weight excluding hydrogens is 270 g/mol. The van der Waals surface area contributed by atoms with Crippen LogP contribution < -0.4 is 11.1 Å². The third kappa shape index (κ3) is 3.50. The average molecular weight is 290 g/mol. The molecule has 4 heteroatoms. The van der Waals surface area contributed by atoms with Crippen LogP contribution in [-0.4, -0.2) is 11.0 Å². The number of nitrogens with two attached hydrogens (primary N) is 1. The van der Waals surface area contributed by atoms with Crippen molar-refractivity contribution in [1.29, 1.82) is 0 Å². The minimum absolute atomic E-state index is 0. The number of nitrogens with one attached hydrogen (secondary N) is 1. The Morgan fingerprint density at radius 1 is 1.30 bits per heavy atom. The van der Waals surface area contributed by atoms with Crippen molar-refractivity contribution >= 4 is 18.2 Å². The van der Waals surface area contributed by atoms with Crippen LogP contribution in [0.3, 0.4) is 0 Å². The zero-order valence-corrected chi connectivity index (χ0v) is 12.4. The van der Waals surface area contributed by atoms with Gasteiger partial charge in [-0.2, -0.15) is 0 Å². The second-order valence-electron chi connectivity index (χ2n) is 5.33. The maximum absolute atomic E-state index is 5.84. The van der Waals surface area contributed by atoms with Gasteiger partial charge in [-0.05, 0) is 30.5 Å². The number of hydrogen-bond acceptors (Lipinski definition) is 3. The summed E-state index contributed by atoms with van der Waals surface area (Å²) in [5, 5.41) is 3.34. The molecule has 0 radical (unpaired) electrons. The van der Waals surface area contributed by atoms with E-state index in [0.29, 0.717) is 12.0 Å². The van der Waals surface area contributed by atoms with Crippen molar-refractivity contribution in [2.24, 2.45) is 5.73 Å². The van der Waals surface area contributed by atoms with Crippen molar-refractivity contribution < 1.29 is 0 Å². The molecule has 0 unspecified atom stereocenters. The highest BCUT2D eigenvalue weighted by Gasteiger charge is 2.34. The van der Waals surface area contributed by atoms with Gasteiger partial charge in [0.05, 0.1) is 0 Å². The molecule has 1 fully saturated rings. The van der Waals surface area contributed by atoms with Crippen molar-refractivity contribution in [3.63, 3.8) is 0 Å². The molecule has 0 aliphatic heterocycles. The van der Waals surface area contributed by atoms with Crippen LogP contribution in [-0.2, 0) is 6.54 Å². The van der Waals surface area contributed by atoms with Crippen LogP contribution in [0.15, 0.2) is 42.6 Å². The quantitative estimate of drug-likeness (QED) is 0.908. The third-order valence-electron chi connectivity index (χ3n) is 3.61. The molecule has 1 aromatic carbocycles. The van der Waals surface area contributed by atoms with Crippen molar-refractivity contribution in [3.05, 3.63) is 59.3 Å². The molecule has 20 heavy (non-hydrogen) atoms. The molecule has 3 N–H and O–H groups in total. The van der Waals surface area contributed by atoms with Gasteiger partial charge in [-0.15, -0.1) is 12.4 Å². The molecule has 106 valence electrons. The summed E-state index contributed by atoms with van der Waals surface area (Å²) in [6.45, 7) is 2.91. The minimum Gasteiger partial charge on any atom is -0.366 e. The number of hydrogen-bond donors (Lipinski definition) is 2. The van der Waals surface area contributed by atoms with Gasteiger partial charge >= 0.3 is 0 Å². The van der Waals surface area contributed by atoms with Crippen molar-refractivity contribution in [2.75, 3.05) is 5.32 Å². The predicted octanol–water partition coefficient (Wildman–Crippen LogP) is 3.24. The summed E-state index contributed by atoms with van der Waals surface area (Å²) >= 11 is 0. The first-order valence-electron chi connectivity index (χ1n) is 6.73. The first-order valence-corrected chi connectivity index (χ1v) is 6.73. The highest BCUT2D eigenvalue weighted by atomic mass is 35.5. The Bertz CT molecular complexity index is 568. The largest absolute Gasteiger partial charge is 0.366 e. The van der Waals surface area contributed by atoms with Gasteiger partial charge in [-0.3, -0.25) is 0 Å². The fourth-order valence-corrected chi connectivity index (χ4v) is 2.34. The fourth-order valence-electron chi connectivity index (χ4n) is 2.34. The molecule has 3 nitrogen and oxygen atoms in total. The molecule has 1 heterocycles. The van der Waals surface area contributed by atoms with E-state index >= 15 is 0 Å². The molecule has 1 aromatic heterocycles. The zero-order valence-electron chi connectivity index (χ0n) is 11.5. The molecule has 0 spiro atoms. The molecule has 0 amide bonds. The van der Waals surface area contributed by atoms with Gasteiger partial charge < -0.3 is 11.1 Å². The van der Waals surface area contributed by atoms with E-state index in [-0.39, 0.29) is 12.4 Å². The monoisotopic (exact) mass is 289 g/mol. The minimum atomic E-state index is 0. The second kappa shape index (κ2) is 6.25. The smallest absolute Gasteiger partial charge is 0.126 e. The van der Waals surface area contributed by atoms with E-state index in [1.54, 1.807) is 0 Å². The van der Waals surface area contributed by atoms with E-state index < -0.39 is 0 Å². The van der Waals surface area contributed by atoms with Crippen LogP contribution in [0.1, 0.15) is 29.0 Å². The summed E-state index contributed by atoms with van der Waals surface area (Å²) in [4.78, 5) is 4.45. The Labute approximate surface area is 126 Å². The fraction of sp³-hybridized carbons (Fsp3) is 0.312. The van der Waals surface area contributed by atoms with Crippen LogP contribution in [0.5, 0.6) is 0 Å². The number of aromatic nitrogens is 1. The first kappa shape index (κ1) is 14.8. The lowest BCUT2D eigenvalue weighted by molar-refractivity contribution is 0.978. The van der Waals surface area contributed by atoms with Crippen LogP contribution in [0.4, 0.5) is 5.82 Å².